The Morgan fingerprint density at radius 3 is 2.69 bits per heavy atom. The van der Waals surface area contributed by atoms with Gasteiger partial charge in [0.2, 0.25) is 0 Å². The van der Waals surface area contributed by atoms with Crippen molar-refractivity contribution in [2.75, 3.05) is 0 Å². The first-order chi connectivity index (χ1) is 7.41. The number of carboxylic acid groups (broad SMARTS) is 1. The maximum absolute atomic E-state index is 10.6. The van der Waals surface area contributed by atoms with E-state index >= 15 is 0 Å². The monoisotopic (exact) mass is 259 g/mol. The summed E-state index contributed by atoms with van der Waals surface area (Å²) in [5.74, 6) is -0.686. The van der Waals surface area contributed by atoms with Gasteiger partial charge in [0.25, 0.3) is 0 Å². The fourth-order valence-electron chi connectivity index (χ4n) is 1.02. The molecule has 0 spiro atoms. The minimum atomic E-state index is -1.05. The Morgan fingerprint density at radius 2 is 2.25 bits per heavy atom. The molecule has 0 amide bonds. The smallest absolute Gasteiger partial charge is 0.344 e. The largest absolute Gasteiger partial charge is 0.479 e. The van der Waals surface area contributed by atoms with Crippen LogP contribution in [0.1, 0.15) is 12.5 Å². The first-order valence-corrected chi connectivity index (χ1v) is 5.19. The Hall–Kier alpha value is -1.33. The van der Waals surface area contributed by atoms with Gasteiger partial charge in [-0.05, 0) is 25.1 Å². The highest BCUT2D eigenvalue weighted by atomic mass is 35.5. The number of carboxylic acids is 1. The quantitative estimate of drug-likeness (QED) is 0.807. The Morgan fingerprint density at radius 1 is 1.62 bits per heavy atom. The van der Waals surface area contributed by atoms with E-state index in [0.717, 1.165) is 0 Å². The van der Waals surface area contributed by atoms with Crippen LogP contribution in [-0.2, 0) is 4.79 Å². The second-order valence-corrected chi connectivity index (χ2v) is 3.95. The van der Waals surface area contributed by atoms with Crippen LogP contribution < -0.4 is 10.5 Å². The lowest BCUT2D eigenvalue weighted by atomic mass is 10.2. The summed E-state index contributed by atoms with van der Waals surface area (Å²) in [6, 6.07) is 4.64. The third-order valence-electron chi connectivity index (χ3n) is 1.87. The fraction of sp³-hybridized carbons (Fsp3) is 0.200. The molecular formula is C10H10ClNO3S. The number of carbonyl (C=O) groups is 1. The standard InChI is InChI=1S/C10H10ClNO3S/c1-5(10(13)14)15-6-2-3-7(9(12)16)8(11)4-6/h2-5H,1H3,(H2,12,16)(H,13,14). The van der Waals surface area contributed by atoms with Gasteiger partial charge in [-0.1, -0.05) is 23.8 Å². The van der Waals surface area contributed by atoms with Gasteiger partial charge in [0.15, 0.2) is 6.10 Å². The number of hydrogen-bond acceptors (Lipinski definition) is 3. The highest BCUT2D eigenvalue weighted by Gasteiger charge is 2.13. The normalized spacial score (nSPS) is 11.9. The zero-order valence-electron chi connectivity index (χ0n) is 8.44. The van der Waals surface area contributed by atoms with Crippen LogP contribution in [0.25, 0.3) is 0 Å². The van der Waals surface area contributed by atoms with Crippen molar-refractivity contribution in [3.8, 4) is 5.75 Å². The maximum atomic E-state index is 10.6. The molecule has 6 heteroatoms. The first-order valence-electron chi connectivity index (χ1n) is 4.40. The van der Waals surface area contributed by atoms with Gasteiger partial charge in [0, 0.05) is 5.56 Å². The minimum absolute atomic E-state index is 0.183. The van der Waals surface area contributed by atoms with Gasteiger partial charge in [-0.2, -0.15) is 0 Å². The van der Waals surface area contributed by atoms with Crippen LogP contribution in [0.4, 0.5) is 0 Å². The van der Waals surface area contributed by atoms with Crippen molar-refractivity contribution in [1.29, 1.82) is 0 Å². The van der Waals surface area contributed by atoms with E-state index in [1.165, 1.54) is 13.0 Å². The summed E-state index contributed by atoms with van der Waals surface area (Å²) in [6.07, 6.45) is -0.938. The van der Waals surface area contributed by atoms with Crippen LogP contribution in [-0.4, -0.2) is 22.2 Å². The second-order valence-electron chi connectivity index (χ2n) is 3.10. The van der Waals surface area contributed by atoms with Gasteiger partial charge in [0.05, 0.1) is 5.02 Å². The molecule has 1 atom stereocenters. The zero-order chi connectivity index (χ0) is 12.3. The molecule has 1 unspecified atom stereocenters. The molecule has 0 heterocycles. The molecule has 0 saturated carbocycles. The summed E-state index contributed by atoms with van der Waals surface area (Å²) in [7, 11) is 0. The van der Waals surface area contributed by atoms with Crippen LogP contribution in [0.5, 0.6) is 5.75 Å². The molecule has 4 nitrogen and oxygen atoms in total. The second kappa shape index (κ2) is 5.14. The van der Waals surface area contributed by atoms with E-state index in [9.17, 15) is 4.79 Å². The average Bonchev–Trinajstić information content (AvgIpc) is 2.16. The Kier molecular flexibility index (Phi) is 4.09. The number of aliphatic carboxylic acids is 1. The highest BCUT2D eigenvalue weighted by molar-refractivity contribution is 7.80. The van der Waals surface area contributed by atoms with Crippen LogP contribution in [0.3, 0.4) is 0 Å². The van der Waals surface area contributed by atoms with Gasteiger partial charge in [0.1, 0.15) is 10.7 Å². The Balaban J connectivity index is 2.89. The molecule has 1 rings (SSSR count). The number of benzene rings is 1. The summed E-state index contributed by atoms with van der Waals surface area (Å²) in [6.45, 7) is 1.43. The van der Waals surface area contributed by atoms with E-state index in [-0.39, 0.29) is 4.99 Å². The Bertz CT molecular complexity index is 436. The van der Waals surface area contributed by atoms with E-state index in [1.807, 2.05) is 0 Å². The number of halogens is 1. The number of hydrogen-bond donors (Lipinski definition) is 2. The molecule has 0 aliphatic heterocycles. The van der Waals surface area contributed by atoms with Crippen LogP contribution in [0, 0.1) is 0 Å². The van der Waals surface area contributed by atoms with Crippen LogP contribution in [0.2, 0.25) is 5.02 Å². The minimum Gasteiger partial charge on any atom is -0.479 e. The van der Waals surface area contributed by atoms with Crippen molar-refractivity contribution < 1.29 is 14.6 Å². The number of rotatable bonds is 4. The highest BCUT2D eigenvalue weighted by Crippen LogP contribution is 2.23. The molecule has 1 aromatic rings. The van der Waals surface area contributed by atoms with E-state index in [0.29, 0.717) is 16.3 Å². The lowest BCUT2D eigenvalue weighted by Crippen LogP contribution is -2.22. The molecule has 1 aromatic carbocycles. The number of ether oxygens (including phenoxy) is 1. The summed E-state index contributed by atoms with van der Waals surface area (Å²) < 4.78 is 5.12. The molecule has 0 bridgehead atoms. The van der Waals surface area contributed by atoms with Gasteiger partial charge >= 0.3 is 5.97 Å². The van der Waals surface area contributed by atoms with Gasteiger partial charge in [-0.25, -0.2) is 4.79 Å². The first kappa shape index (κ1) is 12.7. The average molecular weight is 260 g/mol. The van der Waals surface area contributed by atoms with Gasteiger partial charge in [-0.15, -0.1) is 0 Å². The lowest BCUT2D eigenvalue weighted by molar-refractivity contribution is -0.144. The molecule has 0 aromatic heterocycles. The van der Waals surface area contributed by atoms with Crippen LogP contribution >= 0.6 is 23.8 Å². The molecule has 86 valence electrons. The van der Waals surface area contributed by atoms with Gasteiger partial charge in [-0.3, -0.25) is 0 Å². The molecule has 0 fully saturated rings. The topological polar surface area (TPSA) is 72.5 Å². The molecular weight excluding hydrogens is 250 g/mol. The zero-order valence-corrected chi connectivity index (χ0v) is 10.0. The van der Waals surface area contributed by atoms with E-state index in [2.05, 4.69) is 0 Å². The molecule has 0 saturated heterocycles. The Labute approximate surface area is 103 Å². The third-order valence-corrected chi connectivity index (χ3v) is 2.40. The summed E-state index contributed by atoms with van der Waals surface area (Å²) in [5.41, 5.74) is 5.96. The predicted octanol–water partition coefficient (Wildman–Crippen LogP) is 1.83. The fourth-order valence-corrected chi connectivity index (χ4v) is 1.53. The lowest BCUT2D eigenvalue weighted by Gasteiger charge is -2.11. The molecule has 0 aliphatic carbocycles. The van der Waals surface area contributed by atoms with E-state index in [1.54, 1.807) is 12.1 Å². The molecule has 16 heavy (non-hydrogen) atoms. The molecule has 0 radical (unpaired) electrons. The van der Waals surface area contributed by atoms with Crippen molar-refractivity contribution in [3.63, 3.8) is 0 Å². The number of thiocarbonyl (C=S) groups is 1. The van der Waals surface area contributed by atoms with Crippen molar-refractivity contribution in [2.24, 2.45) is 5.73 Å². The summed E-state index contributed by atoms with van der Waals surface area (Å²) in [4.78, 5) is 10.7. The molecule has 0 aliphatic rings. The molecule has 3 N–H and O–H groups in total. The summed E-state index contributed by atoms with van der Waals surface area (Å²) >= 11 is 10.7. The van der Waals surface area contributed by atoms with Crippen molar-refractivity contribution >= 4 is 34.8 Å². The number of nitrogens with two attached hydrogens (primary N) is 1. The van der Waals surface area contributed by atoms with Crippen molar-refractivity contribution in [1.82, 2.24) is 0 Å². The third kappa shape index (κ3) is 3.08. The van der Waals surface area contributed by atoms with Crippen molar-refractivity contribution in [2.45, 2.75) is 13.0 Å². The maximum Gasteiger partial charge on any atom is 0.344 e. The van der Waals surface area contributed by atoms with Crippen molar-refractivity contribution in [3.05, 3.63) is 28.8 Å². The van der Waals surface area contributed by atoms with E-state index in [4.69, 9.17) is 39.4 Å². The van der Waals surface area contributed by atoms with E-state index < -0.39 is 12.1 Å². The van der Waals surface area contributed by atoms with Gasteiger partial charge < -0.3 is 15.6 Å². The SMILES string of the molecule is CC(Oc1ccc(C(N)=S)c(Cl)c1)C(=O)O. The predicted molar refractivity (Wildman–Crippen MR) is 65.1 cm³/mol. The summed E-state index contributed by atoms with van der Waals surface area (Å²) in [5, 5.41) is 8.99. The van der Waals surface area contributed by atoms with Crippen LogP contribution in [0.15, 0.2) is 18.2 Å².